The van der Waals surface area contributed by atoms with Crippen LogP contribution >= 0.6 is 0 Å². The second kappa shape index (κ2) is 10.9. The van der Waals surface area contributed by atoms with E-state index in [1.807, 2.05) is 0 Å². The minimum atomic E-state index is -0.981. The number of rotatable bonds is 8. The number of carbonyl (C=O) groups excluding carboxylic acids is 3. The standard InChI is InChI=1S/C28H26N2O7/c1-4-37-23(31)15-17-8-11-19(12-9-17)30-25(20-7-5-6-14-29-20)24(27(33)28(30)34)26(32)18-10-13-21(35-2)22(16-18)36-3/h5-14,16,25,32H,4,15H2,1-3H3/b26-24-. The van der Waals surface area contributed by atoms with Crippen LogP contribution in [0, 0.1) is 0 Å². The van der Waals surface area contributed by atoms with Gasteiger partial charge >= 0.3 is 5.97 Å². The van der Waals surface area contributed by atoms with Crippen molar-refractivity contribution < 1.29 is 33.7 Å². The maximum Gasteiger partial charge on any atom is 0.310 e. The van der Waals surface area contributed by atoms with Gasteiger partial charge in [-0.15, -0.1) is 0 Å². The maximum atomic E-state index is 13.3. The molecule has 1 aliphatic heterocycles. The van der Waals surface area contributed by atoms with Crippen molar-refractivity contribution in [3.63, 3.8) is 0 Å². The molecule has 0 aliphatic carbocycles. The van der Waals surface area contributed by atoms with Crippen molar-refractivity contribution in [3.8, 4) is 11.5 Å². The molecule has 1 aromatic heterocycles. The van der Waals surface area contributed by atoms with Crippen LogP contribution in [-0.2, 0) is 25.5 Å². The molecule has 9 heteroatoms. The Morgan fingerprint density at radius 2 is 1.73 bits per heavy atom. The number of amides is 1. The molecule has 2 aromatic carbocycles. The minimum absolute atomic E-state index is 0.0793. The van der Waals surface area contributed by atoms with E-state index in [1.165, 1.54) is 25.2 Å². The van der Waals surface area contributed by atoms with Gasteiger partial charge in [-0.2, -0.15) is 0 Å². The highest BCUT2D eigenvalue weighted by atomic mass is 16.5. The van der Waals surface area contributed by atoms with E-state index in [2.05, 4.69) is 4.98 Å². The van der Waals surface area contributed by atoms with Gasteiger partial charge in [0, 0.05) is 17.4 Å². The molecule has 1 unspecified atom stereocenters. The molecular weight excluding hydrogens is 476 g/mol. The molecule has 0 spiro atoms. The molecule has 9 nitrogen and oxygen atoms in total. The van der Waals surface area contributed by atoms with E-state index in [1.54, 1.807) is 67.7 Å². The summed E-state index contributed by atoms with van der Waals surface area (Å²) in [4.78, 5) is 44.1. The molecular formula is C28H26N2O7. The van der Waals surface area contributed by atoms with E-state index in [0.717, 1.165) is 0 Å². The summed E-state index contributed by atoms with van der Waals surface area (Å²) < 4.78 is 15.6. The van der Waals surface area contributed by atoms with Gasteiger partial charge in [0.05, 0.1) is 38.5 Å². The third-order valence-corrected chi connectivity index (χ3v) is 5.94. The van der Waals surface area contributed by atoms with Crippen molar-refractivity contribution in [1.82, 2.24) is 4.98 Å². The smallest absolute Gasteiger partial charge is 0.310 e. The van der Waals surface area contributed by atoms with E-state index in [0.29, 0.717) is 28.4 Å². The first-order chi connectivity index (χ1) is 17.9. The molecule has 0 radical (unpaired) electrons. The zero-order valence-electron chi connectivity index (χ0n) is 20.6. The average Bonchev–Trinajstić information content (AvgIpc) is 3.19. The first-order valence-corrected chi connectivity index (χ1v) is 11.6. The molecule has 190 valence electrons. The lowest BCUT2D eigenvalue weighted by atomic mass is 9.98. The Morgan fingerprint density at radius 3 is 2.35 bits per heavy atom. The van der Waals surface area contributed by atoms with Crippen LogP contribution in [0.3, 0.4) is 0 Å². The van der Waals surface area contributed by atoms with Crippen molar-refractivity contribution >= 4 is 29.1 Å². The number of aliphatic hydroxyl groups is 1. The van der Waals surface area contributed by atoms with Gasteiger partial charge in [0.2, 0.25) is 0 Å². The van der Waals surface area contributed by atoms with E-state index < -0.39 is 17.7 Å². The van der Waals surface area contributed by atoms with Gasteiger partial charge in [-0.05, 0) is 55.0 Å². The summed E-state index contributed by atoms with van der Waals surface area (Å²) in [5.74, 6) is -1.58. The predicted molar refractivity (Wildman–Crippen MR) is 135 cm³/mol. The number of carbonyl (C=O) groups is 3. The fourth-order valence-electron chi connectivity index (χ4n) is 4.21. The van der Waals surface area contributed by atoms with E-state index >= 15 is 0 Å². The van der Waals surface area contributed by atoms with Gasteiger partial charge in [0.15, 0.2) is 11.5 Å². The summed E-state index contributed by atoms with van der Waals surface area (Å²) in [7, 11) is 2.95. The molecule has 3 aromatic rings. The molecule has 1 atom stereocenters. The van der Waals surface area contributed by atoms with Crippen molar-refractivity contribution in [2.45, 2.75) is 19.4 Å². The Hall–Kier alpha value is -4.66. The van der Waals surface area contributed by atoms with Crippen LogP contribution in [-0.4, -0.2) is 48.6 Å². The molecule has 1 saturated heterocycles. The summed E-state index contributed by atoms with van der Waals surface area (Å²) in [5.41, 5.74) is 1.68. The highest BCUT2D eigenvalue weighted by Gasteiger charge is 2.47. The molecule has 1 aliphatic rings. The Kier molecular flexibility index (Phi) is 7.52. The van der Waals surface area contributed by atoms with E-state index in [4.69, 9.17) is 14.2 Å². The highest BCUT2D eigenvalue weighted by Crippen LogP contribution is 2.42. The lowest BCUT2D eigenvalue weighted by Gasteiger charge is -2.24. The van der Waals surface area contributed by atoms with E-state index in [-0.39, 0.29) is 35.9 Å². The van der Waals surface area contributed by atoms with Crippen LogP contribution in [0.1, 0.15) is 29.8 Å². The molecule has 1 N–H and O–H groups in total. The van der Waals surface area contributed by atoms with E-state index in [9.17, 15) is 19.5 Å². The number of aromatic nitrogens is 1. The average molecular weight is 503 g/mol. The monoisotopic (exact) mass is 502 g/mol. The van der Waals surface area contributed by atoms with Gasteiger partial charge in [0.25, 0.3) is 11.7 Å². The number of nitrogens with zero attached hydrogens (tertiary/aromatic N) is 2. The lowest BCUT2D eigenvalue weighted by molar-refractivity contribution is -0.142. The first kappa shape index (κ1) is 25.4. The Bertz CT molecular complexity index is 1350. The predicted octanol–water partition coefficient (Wildman–Crippen LogP) is 3.83. The summed E-state index contributed by atoms with van der Waals surface area (Å²) in [6, 6.07) is 15.5. The number of pyridine rings is 1. The highest BCUT2D eigenvalue weighted by molar-refractivity contribution is 6.51. The minimum Gasteiger partial charge on any atom is -0.507 e. The number of Topliss-reactive ketones (excluding diaryl/α,β-unsaturated/α-hetero) is 1. The summed E-state index contributed by atoms with van der Waals surface area (Å²) in [5, 5.41) is 11.3. The van der Waals surface area contributed by atoms with Crippen LogP contribution in [0.25, 0.3) is 5.76 Å². The molecule has 1 amide bonds. The quantitative estimate of drug-likeness (QED) is 0.214. The Morgan fingerprint density at radius 1 is 1.00 bits per heavy atom. The van der Waals surface area contributed by atoms with Crippen LogP contribution < -0.4 is 14.4 Å². The summed E-state index contributed by atoms with van der Waals surface area (Å²) in [6.07, 6.45) is 1.63. The molecule has 37 heavy (non-hydrogen) atoms. The van der Waals surface area contributed by atoms with Crippen LogP contribution in [0.2, 0.25) is 0 Å². The molecule has 0 saturated carbocycles. The second-order valence-corrected chi connectivity index (χ2v) is 8.14. The Balaban J connectivity index is 1.81. The van der Waals surface area contributed by atoms with Gasteiger partial charge in [-0.25, -0.2) is 0 Å². The van der Waals surface area contributed by atoms with Gasteiger partial charge in [-0.1, -0.05) is 18.2 Å². The first-order valence-electron chi connectivity index (χ1n) is 11.6. The zero-order chi connectivity index (χ0) is 26.5. The number of ether oxygens (including phenoxy) is 3. The number of hydrogen-bond donors (Lipinski definition) is 1. The topological polar surface area (TPSA) is 115 Å². The van der Waals surface area contributed by atoms with Gasteiger partial charge < -0.3 is 19.3 Å². The third kappa shape index (κ3) is 5.02. The molecule has 0 bridgehead atoms. The molecule has 1 fully saturated rings. The largest absolute Gasteiger partial charge is 0.507 e. The molecule has 4 rings (SSSR count). The van der Waals surface area contributed by atoms with Crippen LogP contribution in [0.15, 0.2) is 72.4 Å². The fourth-order valence-corrected chi connectivity index (χ4v) is 4.21. The van der Waals surface area contributed by atoms with Crippen LogP contribution in [0.5, 0.6) is 11.5 Å². The number of anilines is 1. The number of benzene rings is 2. The normalized spacial score (nSPS) is 16.5. The second-order valence-electron chi connectivity index (χ2n) is 8.14. The maximum absolute atomic E-state index is 13.3. The van der Waals surface area contributed by atoms with Gasteiger partial charge in [-0.3, -0.25) is 24.3 Å². The van der Waals surface area contributed by atoms with Crippen molar-refractivity contribution in [3.05, 3.63) is 89.3 Å². The number of esters is 1. The summed E-state index contributed by atoms with van der Waals surface area (Å²) in [6.45, 7) is 2.02. The van der Waals surface area contributed by atoms with Crippen LogP contribution in [0.4, 0.5) is 5.69 Å². The number of methoxy groups -OCH3 is 2. The fraction of sp³-hybridized carbons (Fsp3) is 0.214. The SMILES string of the molecule is CCOC(=O)Cc1ccc(N2C(=O)C(=O)/C(=C(\O)c3ccc(OC)c(OC)c3)C2c2ccccn2)cc1. The number of ketones is 1. The zero-order valence-corrected chi connectivity index (χ0v) is 20.6. The van der Waals surface area contributed by atoms with Crippen molar-refractivity contribution in [2.75, 3.05) is 25.7 Å². The van der Waals surface area contributed by atoms with Crippen molar-refractivity contribution in [1.29, 1.82) is 0 Å². The number of hydrogen-bond acceptors (Lipinski definition) is 8. The van der Waals surface area contributed by atoms with Crippen molar-refractivity contribution in [2.24, 2.45) is 0 Å². The third-order valence-electron chi connectivity index (χ3n) is 5.94. The lowest BCUT2D eigenvalue weighted by Crippen LogP contribution is -2.29. The Labute approximate surface area is 213 Å². The summed E-state index contributed by atoms with van der Waals surface area (Å²) >= 11 is 0. The van der Waals surface area contributed by atoms with Gasteiger partial charge in [0.1, 0.15) is 11.8 Å². The molecule has 2 heterocycles. The number of aliphatic hydroxyl groups excluding tert-OH is 1.